The zero-order chi connectivity index (χ0) is 15.5. The molecule has 0 spiro atoms. The SMILES string of the molecule is CCc1ccc(CN(C)S(=O)(=O)c2ccc(F)cc2)cc1. The molecule has 0 fully saturated rings. The van der Waals surface area contributed by atoms with E-state index in [1.807, 2.05) is 24.3 Å². The molecule has 0 radical (unpaired) electrons. The van der Waals surface area contributed by atoms with E-state index in [9.17, 15) is 12.8 Å². The third-order valence-electron chi connectivity index (χ3n) is 3.36. The molecule has 0 saturated carbocycles. The lowest BCUT2D eigenvalue weighted by Gasteiger charge is -2.17. The van der Waals surface area contributed by atoms with E-state index < -0.39 is 15.8 Å². The van der Waals surface area contributed by atoms with Crippen molar-refractivity contribution >= 4 is 10.0 Å². The molecular formula is C16H18FNO2S. The molecule has 112 valence electrons. The van der Waals surface area contributed by atoms with Gasteiger partial charge in [-0.3, -0.25) is 0 Å². The maximum atomic E-state index is 12.9. The highest BCUT2D eigenvalue weighted by molar-refractivity contribution is 7.89. The molecule has 0 bridgehead atoms. The summed E-state index contributed by atoms with van der Waals surface area (Å²) in [6.07, 6.45) is 0.948. The number of aryl methyl sites for hydroxylation is 1. The standard InChI is InChI=1S/C16H18FNO2S/c1-3-13-4-6-14(7-5-13)12-18(2)21(19,20)16-10-8-15(17)9-11-16/h4-11H,3,12H2,1-2H3. The first kappa shape index (κ1) is 15.7. The van der Waals surface area contributed by atoms with Crippen molar-refractivity contribution in [3.63, 3.8) is 0 Å². The fraction of sp³-hybridized carbons (Fsp3) is 0.250. The van der Waals surface area contributed by atoms with Crippen LogP contribution in [0.3, 0.4) is 0 Å². The fourth-order valence-electron chi connectivity index (χ4n) is 2.01. The number of hydrogen-bond donors (Lipinski definition) is 0. The van der Waals surface area contributed by atoms with Gasteiger partial charge in [0.05, 0.1) is 4.90 Å². The zero-order valence-corrected chi connectivity index (χ0v) is 12.9. The average Bonchev–Trinajstić information content (AvgIpc) is 2.48. The molecule has 0 aliphatic heterocycles. The van der Waals surface area contributed by atoms with Gasteiger partial charge in [0.15, 0.2) is 0 Å². The Balaban J connectivity index is 2.17. The lowest BCUT2D eigenvalue weighted by Crippen LogP contribution is -2.26. The van der Waals surface area contributed by atoms with Gasteiger partial charge in [-0.15, -0.1) is 0 Å². The average molecular weight is 307 g/mol. The maximum absolute atomic E-state index is 12.9. The monoisotopic (exact) mass is 307 g/mol. The van der Waals surface area contributed by atoms with Crippen LogP contribution in [0.5, 0.6) is 0 Å². The van der Waals surface area contributed by atoms with Crippen LogP contribution in [0.1, 0.15) is 18.1 Å². The normalized spacial score (nSPS) is 11.8. The topological polar surface area (TPSA) is 37.4 Å². The highest BCUT2D eigenvalue weighted by Crippen LogP contribution is 2.17. The van der Waals surface area contributed by atoms with Gasteiger partial charge in [-0.05, 0) is 41.8 Å². The Morgan fingerprint density at radius 3 is 2.00 bits per heavy atom. The van der Waals surface area contributed by atoms with Crippen molar-refractivity contribution in [2.75, 3.05) is 7.05 Å². The quantitative estimate of drug-likeness (QED) is 0.850. The molecule has 3 nitrogen and oxygen atoms in total. The van der Waals surface area contributed by atoms with Crippen molar-refractivity contribution in [1.29, 1.82) is 0 Å². The molecule has 0 heterocycles. The van der Waals surface area contributed by atoms with Crippen molar-refractivity contribution in [3.05, 3.63) is 65.5 Å². The van der Waals surface area contributed by atoms with Crippen LogP contribution in [0, 0.1) is 5.82 Å². The van der Waals surface area contributed by atoms with Gasteiger partial charge in [0.2, 0.25) is 10.0 Å². The minimum absolute atomic E-state index is 0.0941. The van der Waals surface area contributed by atoms with Crippen LogP contribution in [0.25, 0.3) is 0 Å². The molecule has 0 atom stereocenters. The van der Waals surface area contributed by atoms with Gasteiger partial charge >= 0.3 is 0 Å². The first-order chi connectivity index (χ1) is 9.93. The molecule has 0 aliphatic rings. The second kappa shape index (κ2) is 6.37. The largest absolute Gasteiger partial charge is 0.243 e. The number of nitrogens with zero attached hydrogens (tertiary/aromatic N) is 1. The molecule has 0 amide bonds. The van der Waals surface area contributed by atoms with Crippen molar-refractivity contribution in [2.24, 2.45) is 0 Å². The Hall–Kier alpha value is -1.72. The van der Waals surface area contributed by atoms with Crippen LogP contribution in [-0.4, -0.2) is 19.8 Å². The Bertz CT molecular complexity index is 694. The van der Waals surface area contributed by atoms with Gasteiger partial charge < -0.3 is 0 Å². The van der Waals surface area contributed by atoms with Crippen LogP contribution in [0.2, 0.25) is 0 Å². The minimum atomic E-state index is -3.60. The Kier molecular flexibility index (Phi) is 4.75. The number of sulfonamides is 1. The molecule has 21 heavy (non-hydrogen) atoms. The van der Waals surface area contributed by atoms with Crippen LogP contribution in [0.15, 0.2) is 53.4 Å². The van der Waals surface area contributed by atoms with Gasteiger partial charge in [0.1, 0.15) is 5.82 Å². The summed E-state index contributed by atoms with van der Waals surface area (Å²) in [6.45, 7) is 2.35. The smallest absolute Gasteiger partial charge is 0.207 e. The van der Waals surface area contributed by atoms with Crippen LogP contribution >= 0.6 is 0 Å². The highest BCUT2D eigenvalue weighted by Gasteiger charge is 2.20. The number of rotatable bonds is 5. The highest BCUT2D eigenvalue weighted by atomic mass is 32.2. The molecule has 2 aromatic carbocycles. The zero-order valence-electron chi connectivity index (χ0n) is 12.1. The Morgan fingerprint density at radius 2 is 1.48 bits per heavy atom. The van der Waals surface area contributed by atoms with Gasteiger partial charge in [0.25, 0.3) is 0 Å². The summed E-state index contributed by atoms with van der Waals surface area (Å²) in [5, 5.41) is 0. The van der Waals surface area contributed by atoms with Gasteiger partial charge in [-0.25, -0.2) is 12.8 Å². The maximum Gasteiger partial charge on any atom is 0.243 e. The van der Waals surface area contributed by atoms with E-state index in [0.717, 1.165) is 24.1 Å². The van der Waals surface area contributed by atoms with E-state index in [1.165, 1.54) is 29.0 Å². The van der Waals surface area contributed by atoms with Gasteiger partial charge in [-0.1, -0.05) is 31.2 Å². The third-order valence-corrected chi connectivity index (χ3v) is 5.18. The summed E-state index contributed by atoms with van der Waals surface area (Å²) in [5.41, 5.74) is 2.13. The second-order valence-electron chi connectivity index (χ2n) is 4.89. The summed E-state index contributed by atoms with van der Waals surface area (Å²) in [7, 11) is -2.08. The van der Waals surface area contributed by atoms with Crippen molar-refractivity contribution < 1.29 is 12.8 Å². The molecular weight excluding hydrogens is 289 g/mol. The first-order valence-electron chi connectivity index (χ1n) is 6.73. The Morgan fingerprint density at radius 1 is 0.952 bits per heavy atom. The molecule has 0 saturated heterocycles. The molecule has 0 unspecified atom stereocenters. The summed E-state index contributed by atoms with van der Waals surface area (Å²) in [4.78, 5) is 0.0941. The van der Waals surface area contributed by atoms with E-state index >= 15 is 0 Å². The summed E-state index contributed by atoms with van der Waals surface area (Å²) < 4.78 is 38.9. The number of hydrogen-bond acceptors (Lipinski definition) is 2. The molecule has 2 rings (SSSR count). The second-order valence-corrected chi connectivity index (χ2v) is 6.93. The number of halogens is 1. The predicted octanol–water partition coefficient (Wildman–Crippen LogP) is 3.21. The summed E-state index contributed by atoms with van der Waals surface area (Å²) in [6, 6.07) is 12.7. The third kappa shape index (κ3) is 3.68. The summed E-state index contributed by atoms with van der Waals surface area (Å²) in [5.74, 6) is -0.452. The fourth-order valence-corrected chi connectivity index (χ4v) is 3.17. The van der Waals surface area contributed by atoms with Crippen molar-refractivity contribution in [3.8, 4) is 0 Å². The molecule has 2 aromatic rings. The predicted molar refractivity (Wildman–Crippen MR) is 80.9 cm³/mol. The molecule has 5 heteroatoms. The van der Waals surface area contributed by atoms with Crippen molar-refractivity contribution in [1.82, 2.24) is 4.31 Å². The van der Waals surface area contributed by atoms with Crippen LogP contribution < -0.4 is 0 Å². The van der Waals surface area contributed by atoms with E-state index in [1.54, 1.807) is 0 Å². The Labute approximate surface area is 125 Å². The lowest BCUT2D eigenvalue weighted by molar-refractivity contribution is 0.466. The van der Waals surface area contributed by atoms with Crippen LogP contribution in [0.4, 0.5) is 4.39 Å². The van der Waals surface area contributed by atoms with Gasteiger partial charge in [0, 0.05) is 13.6 Å². The minimum Gasteiger partial charge on any atom is -0.207 e. The van der Waals surface area contributed by atoms with Crippen molar-refractivity contribution in [2.45, 2.75) is 24.8 Å². The van der Waals surface area contributed by atoms with E-state index in [4.69, 9.17) is 0 Å². The van der Waals surface area contributed by atoms with Crippen LogP contribution in [-0.2, 0) is 23.0 Å². The van der Waals surface area contributed by atoms with Gasteiger partial charge in [-0.2, -0.15) is 4.31 Å². The molecule has 0 N–H and O–H groups in total. The number of benzene rings is 2. The van der Waals surface area contributed by atoms with E-state index in [2.05, 4.69) is 6.92 Å². The summed E-state index contributed by atoms with van der Waals surface area (Å²) >= 11 is 0. The molecule has 0 aliphatic carbocycles. The lowest BCUT2D eigenvalue weighted by atomic mass is 10.1. The van der Waals surface area contributed by atoms with E-state index in [-0.39, 0.29) is 11.4 Å². The molecule has 0 aromatic heterocycles. The van der Waals surface area contributed by atoms with E-state index in [0.29, 0.717) is 0 Å². The first-order valence-corrected chi connectivity index (χ1v) is 8.17.